The van der Waals surface area contributed by atoms with Crippen molar-refractivity contribution in [2.45, 2.75) is 6.42 Å². The minimum absolute atomic E-state index is 0.115. The van der Waals surface area contributed by atoms with Crippen molar-refractivity contribution in [1.29, 1.82) is 0 Å². The molecule has 0 aliphatic heterocycles. The third-order valence-corrected chi connectivity index (χ3v) is 4.04. The second kappa shape index (κ2) is 7.18. The van der Waals surface area contributed by atoms with Crippen LogP contribution in [0.4, 0.5) is 5.69 Å². The molecule has 0 saturated carbocycles. The number of hydrogen-bond acceptors (Lipinski definition) is 5. The van der Waals surface area contributed by atoms with Crippen LogP contribution in [0.5, 0.6) is 0 Å². The molecule has 0 aliphatic rings. The summed E-state index contributed by atoms with van der Waals surface area (Å²) in [6, 6.07) is 8.09. The normalized spacial score (nSPS) is 10.5. The number of anilines is 1. The summed E-state index contributed by atoms with van der Waals surface area (Å²) in [4.78, 5) is 39.6. The minimum atomic E-state index is -0.543. The van der Waals surface area contributed by atoms with Crippen molar-refractivity contribution in [3.63, 3.8) is 0 Å². The average Bonchev–Trinajstić information content (AvgIpc) is 2.97. The molecule has 2 aromatic heterocycles. The van der Waals surface area contributed by atoms with E-state index in [1.165, 1.54) is 25.3 Å². The van der Waals surface area contributed by atoms with Gasteiger partial charge in [-0.05, 0) is 35.9 Å². The van der Waals surface area contributed by atoms with Crippen molar-refractivity contribution >= 4 is 34.9 Å². The lowest BCUT2D eigenvalue weighted by Crippen LogP contribution is -2.16. The molecule has 26 heavy (non-hydrogen) atoms. The summed E-state index contributed by atoms with van der Waals surface area (Å²) in [5.74, 6) is -0.843. The number of amides is 1. The van der Waals surface area contributed by atoms with Gasteiger partial charge in [-0.2, -0.15) is 0 Å². The minimum Gasteiger partial charge on any atom is -0.465 e. The molecule has 1 amide bonds. The van der Waals surface area contributed by atoms with Gasteiger partial charge in [0.25, 0.3) is 0 Å². The molecule has 3 aromatic rings. The highest BCUT2D eigenvalue weighted by atomic mass is 16.5. The van der Waals surface area contributed by atoms with Crippen molar-refractivity contribution in [3.05, 3.63) is 59.4 Å². The SMILES string of the molecule is COC(=O)c1ccc(C=O)c(NC(=O)Cc2cn(C)c3ncccc23)c1. The third kappa shape index (κ3) is 3.32. The number of carbonyl (C=O) groups is 3. The summed E-state index contributed by atoms with van der Waals surface area (Å²) < 4.78 is 6.52. The van der Waals surface area contributed by atoms with Gasteiger partial charge in [-0.25, -0.2) is 9.78 Å². The Morgan fingerprint density at radius 2 is 2.12 bits per heavy atom. The quantitative estimate of drug-likeness (QED) is 0.563. The number of aromatic nitrogens is 2. The number of esters is 1. The molecular formula is C19H17N3O4. The number of nitrogens with one attached hydrogen (secondary N) is 1. The maximum Gasteiger partial charge on any atom is 0.337 e. The van der Waals surface area contributed by atoms with Gasteiger partial charge in [0, 0.05) is 30.4 Å². The standard InChI is InChI=1S/C19H17N3O4/c1-22-10-14(15-4-3-7-20-18(15)22)9-17(24)21-16-8-12(19(25)26-2)5-6-13(16)11-23/h3-8,10-11H,9H2,1-2H3,(H,21,24). The third-order valence-electron chi connectivity index (χ3n) is 4.04. The monoisotopic (exact) mass is 351 g/mol. The predicted molar refractivity (Wildman–Crippen MR) is 96.2 cm³/mol. The van der Waals surface area contributed by atoms with Crippen molar-refractivity contribution in [1.82, 2.24) is 9.55 Å². The molecular weight excluding hydrogens is 334 g/mol. The Hall–Kier alpha value is -3.48. The van der Waals surface area contributed by atoms with Crippen LogP contribution < -0.4 is 5.32 Å². The lowest BCUT2D eigenvalue weighted by molar-refractivity contribution is -0.115. The van der Waals surface area contributed by atoms with Crippen LogP contribution in [-0.4, -0.2) is 34.8 Å². The molecule has 0 atom stereocenters. The number of ether oxygens (including phenoxy) is 1. The van der Waals surface area contributed by atoms with Crippen LogP contribution in [0.1, 0.15) is 26.3 Å². The Balaban J connectivity index is 1.85. The van der Waals surface area contributed by atoms with Crippen molar-refractivity contribution in [2.75, 3.05) is 12.4 Å². The zero-order chi connectivity index (χ0) is 18.7. The molecule has 7 heteroatoms. The van der Waals surface area contributed by atoms with E-state index >= 15 is 0 Å². The van der Waals surface area contributed by atoms with E-state index in [9.17, 15) is 14.4 Å². The van der Waals surface area contributed by atoms with Crippen LogP contribution >= 0.6 is 0 Å². The zero-order valence-corrected chi connectivity index (χ0v) is 14.4. The molecule has 3 rings (SSSR count). The van der Waals surface area contributed by atoms with E-state index in [2.05, 4.69) is 15.0 Å². The summed E-state index contributed by atoms with van der Waals surface area (Å²) in [5, 5.41) is 3.59. The molecule has 0 radical (unpaired) electrons. The van der Waals surface area contributed by atoms with Gasteiger partial charge in [-0.15, -0.1) is 0 Å². The van der Waals surface area contributed by atoms with Crippen LogP contribution in [0.3, 0.4) is 0 Å². The Kier molecular flexibility index (Phi) is 4.79. The van der Waals surface area contributed by atoms with Gasteiger partial charge in [-0.1, -0.05) is 0 Å². The number of aldehydes is 1. The molecule has 1 N–H and O–H groups in total. The fraction of sp³-hybridized carbons (Fsp3) is 0.158. The van der Waals surface area contributed by atoms with Crippen LogP contribution in [0.2, 0.25) is 0 Å². The van der Waals surface area contributed by atoms with Crippen LogP contribution in [0.15, 0.2) is 42.7 Å². The van der Waals surface area contributed by atoms with Crippen LogP contribution in [-0.2, 0) is 23.0 Å². The van der Waals surface area contributed by atoms with Gasteiger partial charge < -0.3 is 14.6 Å². The first-order valence-electron chi connectivity index (χ1n) is 7.89. The Morgan fingerprint density at radius 1 is 1.31 bits per heavy atom. The maximum absolute atomic E-state index is 12.5. The first kappa shape index (κ1) is 17.3. The lowest BCUT2D eigenvalue weighted by atomic mass is 10.1. The van der Waals surface area contributed by atoms with Gasteiger partial charge in [0.05, 0.1) is 24.8 Å². The van der Waals surface area contributed by atoms with E-state index in [1.54, 1.807) is 6.20 Å². The van der Waals surface area contributed by atoms with E-state index in [0.717, 1.165) is 16.6 Å². The largest absolute Gasteiger partial charge is 0.465 e. The average molecular weight is 351 g/mol. The number of nitrogens with zero attached hydrogens (tertiary/aromatic N) is 2. The second-order valence-corrected chi connectivity index (χ2v) is 5.78. The highest BCUT2D eigenvalue weighted by Gasteiger charge is 2.14. The Morgan fingerprint density at radius 3 is 2.85 bits per heavy atom. The highest BCUT2D eigenvalue weighted by molar-refractivity contribution is 6.01. The smallest absolute Gasteiger partial charge is 0.337 e. The van der Waals surface area contributed by atoms with Crippen molar-refractivity contribution in [2.24, 2.45) is 7.05 Å². The Labute approximate surface area is 149 Å². The summed E-state index contributed by atoms with van der Waals surface area (Å²) in [5.41, 5.74) is 2.42. The summed E-state index contributed by atoms with van der Waals surface area (Å²) in [7, 11) is 3.13. The van der Waals surface area contributed by atoms with Gasteiger partial charge >= 0.3 is 5.97 Å². The molecule has 132 valence electrons. The summed E-state index contributed by atoms with van der Waals surface area (Å²) >= 11 is 0. The topological polar surface area (TPSA) is 90.3 Å². The number of carbonyl (C=O) groups excluding carboxylic acids is 3. The predicted octanol–water partition coefficient (Wildman–Crippen LogP) is 2.35. The molecule has 0 saturated heterocycles. The molecule has 7 nitrogen and oxygen atoms in total. The highest BCUT2D eigenvalue weighted by Crippen LogP contribution is 2.21. The summed E-state index contributed by atoms with van der Waals surface area (Å²) in [6.45, 7) is 0. The van der Waals surface area contributed by atoms with E-state index in [-0.39, 0.29) is 29.1 Å². The number of hydrogen-bond donors (Lipinski definition) is 1. The van der Waals surface area contributed by atoms with E-state index in [0.29, 0.717) is 6.29 Å². The number of methoxy groups -OCH3 is 1. The van der Waals surface area contributed by atoms with Crippen molar-refractivity contribution in [3.8, 4) is 0 Å². The number of fused-ring (bicyclic) bond motifs is 1. The molecule has 0 unspecified atom stereocenters. The number of rotatable bonds is 5. The number of aryl methyl sites for hydroxylation is 1. The molecule has 2 heterocycles. The zero-order valence-electron chi connectivity index (χ0n) is 14.4. The fourth-order valence-electron chi connectivity index (χ4n) is 2.81. The fourth-order valence-corrected chi connectivity index (χ4v) is 2.81. The number of benzene rings is 1. The van der Waals surface area contributed by atoms with E-state index in [1.807, 2.05) is 29.9 Å². The first-order valence-corrected chi connectivity index (χ1v) is 7.89. The lowest BCUT2D eigenvalue weighted by Gasteiger charge is -2.09. The summed E-state index contributed by atoms with van der Waals surface area (Å²) in [6.07, 6.45) is 4.28. The van der Waals surface area contributed by atoms with Crippen LogP contribution in [0, 0.1) is 0 Å². The molecule has 0 fully saturated rings. The molecule has 0 bridgehead atoms. The molecule has 1 aromatic carbocycles. The molecule has 0 spiro atoms. The molecule has 0 aliphatic carbocycles. The van der Waals surface area contributed by atoms with Crippen LogP contribution in [0.25, 0.3) is 11.0 Å². The maximum atomic E-state index is 12.5. The van der Waals surface area contributed by atoms with Gasteiger partial charge in [0.15, 0.2) is 6.29 Å². The Bertz CT molecular complexity index is 1010. The van der Waals surface area contributed by atoms with Gasteiger partial charge in [-0.3, -0.25) is 9.59 Å². The van der Waals surface area contributed by atoms with Gasteiger partial charge in [0.1, 0.15) is 5.65 Å². The van der Waals surface area contributed by atoms with Crippen molar-refractivity contribution < 1.29 is 19.1 Å². The second-order valence-electron chi connectivity index (χ2n) is 5.78. The number of pyridine rings is 1. The first-order chi connectivity index (χ1) is 12.5. The van der Waals surface area contributed by atoms with Gasteiger partial charge in [0.2, 0.25) is 5.91 Å². The van der Waals surface area contributed by atoms with E-state index in [4.69, 9.17) is 0 Å². The van der Waals surface area contributed by atoms with E-state index < -0.39 is 5.97 Å².